The van der Waals surface area contributed by atoms with E-state index in [0.29, 0.717) is 23.7 Å². The van der Waals surface area contributed by atoms with Crippen molar-refractivity contribution in [1.29, 1.82) is 0 Å². The van der Waals surface area contributed by atoms with Gasteiger partial charge in [0.25, 0.3) is 0 Å². The second-order valence-electron chi connectivity index (χ2n) is 4.11. The van der Waals surface area contributed by atoms with Gasteiger partial charge in [-0.1, -0.05) is 6.07 Å². The lowest BCUT2D eigenvalue weighted by molar-refractivity contribution is -0.136. The van der Waals surface area contributed by atoms with Gasteiger partial charge < -0.3 is 15.3 Å². The Labute approximate surface area is 104 Å². The Morgan fingerprint density at radius 2 is 2.28 bits per heavy atom. The van der Waals surface area contributed by atoms with Gasteiger partial charge in [-0.3, -0.25) is 4.79 Å². The first kappa shape index (κ1) is 12.2. The minimum absolute atomic E-state index is 0.0437. The lowest BCUT2D eigenvalue weighted by atomic mass is 10.1. The van der Waals surface area contributed by atoms with Gasteiger partial charge in [-0.15, -0.1) is 0 Å². The number of rotatable bonds is 4. The summed E-state index contributed by atoms with van der Waals surface area (Å²) in [6.07, 6.45) is 1.89. The molecule has 0 radical (unpaired) electrons. The molecule has 2 rings (SSSR count). The molecular weight excluding hydrogens is 232 g/mol. The number of aromatic nitrogens is 1. The largest absolute Gasteiger partial charge is 0.481 e. The van der Waals surface area contributed by atoms with Gasteiger partial charge in [-0.05, 0) is 24.6 Å². The molecule has 0 aliphatic heterocycles. The van der Waals surface area contributed by atoms with Crippen molar-refractivity contribution >= 4 is 11.7 Å². The van der Waals surface area contributed by atoms with E-state index in [1.807, 2.05) is 19.1 Å². The fourth-order valence-corrected chi connectivity index (χ4v) is 1.56. The van der Waals surface area contributed by atoms with E-state index in [1.54, 1.807) is 6.07 Å². The summed E-state index contributed by atoms with van der Waals surface area (Å²) in [5.74, 6) is -0.388. The Hall–Kier alpha value is -2.30. The van der Waals surface area contributed by atoms with Gasteiger partial charge >= 0.3 is 5.97 Å². The smallest absolute Gasteiger partial charge is 0.303 e. The van der Waals surface area contributed by atoms with E-state index >= 15 is 0 Å². The molecule has 0 spiro atoms. The first-order valence-corrected chi connectivity index (χ1v) is 5.59. The first-order valence-electron chi connectivity index (χ1n) is 5.59. The molecule has 0 atom stereocenters. The van der Waals surface area contributed by atoms with E-state index < -0.39 is 5.97 Å². The number of carboxylic acid groups (broad SMARTS) is 1. The van der Waals surface area contributed by atoms with Crippen LogP contribution >= 0.6 is 0 Å². The predicted molar refractivity (Wildman–Crippen MR) is 67.0 cm³/mol. The molecule has 0 saturated carbocycles. The van der Waals surface area contributed by atoms with Crippen LogP contribution in [0.1, 0.15) is 17.7 Å². The Balaban J connectivity index is 2.18. The summed E-state index contributed by atoms with van der Waals surface area (Å²) in [6.45, 7) is 1.92. The lowest BCUT2D eigenvalue weighted by Gasteiger charge is -2.01. The number of nitrogen functional groups attached to an aromatic ring is 1. The molecule has 1 aromatic carbocycles. The highest BCUT2D eigenvalue weighted by Crippen LogP contribution is 2.23. The highest BCUT2D eigenvalue weighted by atomic mass is 16.4. The van der Waals surface area contributed by atoms with E-state index in [0.717, 1.165) is 11.1 Å². The van der Waals surface area contributed by atoms with Crippen LogP contribution in [0.15, 0.2) is 28.9 Å². The molecule has 1 aromatic heterocycles. The van der Waals surface area contributed by atoms with Gasteiger partial charge in [-0.2, -0.15) is 0 Å². The van der Waals surface area contributed by atoms with E-state index in [1.165, 1.54) is 6.26 Å². The van der Waals surface area contributed by atoms with Crippen LogP contribution in [0.2, 0.25) is 0 Å². The van der Waals surface area contributed by atoms with Crippen LogP contribution in [0.5, 0.6) is 0 Å². The molecule has 3 N–H and O–H groups in total. The molecule has 0 unspecified atom stereocenters. The number of nitrogens with two attached hydrogens (primary N) is 1. The zero-order chi connectivity index (χ0) is 13.1. The molecule has 0 fully saturated rings. The van der Waals surface area contributed by atoms with E-state index in [-0.39, 0.29) is 6.42 Å². The summed E-state index contributed by atoms with van der Waals surface area (Å²) in [7, 11) is 0. The number of aryl methyl sites for hydroxylation is 2. The van der Waals surface area contributed by atoms with Gasteiger partial charge in [0.15, 0.2) is 0 Å². The maximum absolute atomic E-state index is 10.5. The number of benzene rings is 1. The van der Waals surface area contributed by atoms with E-state index in [2.05, 4.69) is 4.98 Å². The number of carbonyl (C=O) groups is 1. The van der Waals surface area contributed by atoms with Crippen molar-refractivity contribution in [2.75, 3.05) is 5.73 Å². The van der Waals surface area contributed by atoms with Crippen molar-refractivity contribution in [2.24, 2.45) is 0 Å². The molecule has 0 amide bonds. The van der Waals surface area contributed by atoms with Crippen molar-refractivity contribution in [3.63, 3.8) is 0 Å². The van der Waals surface area contributed by atoms with Crippen LogP contribution < -0.4 is 5.73 Å². The molecule has 0 aliphatic carbocycles. The highest BCUT2D eigenvalue weighted by Gasteiger charge is 2.09. The molecule has 0 bridgehead atoms. The lowest BCUT2D eigenvalue weighted by Crippen LogP contribution is -1.97. The van der Waals surface area contributed by atoms with Gasteiger partial charge in [0, 0.05) is 17.7 Å². The van der Waals surface area contributed by atoms with Crippen LogP contribution in [0.3, 0.4) is 0 Å². The standard InChI is InChI=1S/C13H14N2O3/c1-8-2-3-9(6-11(8)14)13-15-10(7-18-13)4-5-12(16)17/h2-3,6-7H,4-5,14H2,1H3,(H,16,17). The van der Waals surface area contributed by atoms with Gasteiger partial charge in [0.2, 0.25) is 5.89 Å². The molecule has 18 heavy (non-hydrogen) atoms. The second-order valence-corrected chi connectivity index (χ2v) is 4.11. The fourth-order valence-electron chi connectivity index (χ4n) is 1.56. The fraction of sp³-hybridized carbons (Fsp3) is 0.231. The molecule has 0 aliphatic rings. The molecule has 2 aromatic rings. The third kappa shape index (κ3) is 2.68. The molecule has 5 nitrogen and oxygen atoms in total. The third-order valence-electron chi connectivity index (χ3n) is 2.67. The van der Waals surface area contributed by atoms with Crippen LogP contribution in [0, 0.1) is 6.92 Å². The summed E-state index contributed by atoms with van der Waals surface area (Å²) < 4.78 is 5.32. The molecule has 94 valence electrons. The number of oxazole rings is 1. The Kier molecular flexibility index (Phi) is 3.32. The van der Waals surface area contributed by atoms with Gasteiger partial charge in [0.05, 0.1) is 12.1 Å². The van der Waals surface area contributed by atoms with Crippen molar-refractivity contribution in [3.8, 4) is 11.5 Å². The third-order valence-corrected chi connectivity index (χ3v) is 2.67. The molecular formula is C13H14N2O3. The Bertz CT molecular complexity index is 575. The minimum Gasteiger partial charge on any atom is -0.481 e. The van der Waals surface area contributed by atoms with Crippen molar-refractivity contribution in [2.45, 2.75) is 19.8 Å². The number of carboxylic acids is 1. The van der Waals surface area contributed by atoms with Crippen molar-refractivity contribution < 1.29 is 14.3 Å². The van der Waals surface area contributed by atoms with Gasteiger partial charge in [-0.25, -0.2) is 4.98 Å². The van der Waals surface area contributed by atoms with E-state index in [9.17, 15) is 4.79 Å². The average Bonchev–Trinajstić information content (AvgIpc) is 2.79. The highest BCUT2D eigenvalue weighted by molar-refractivity contribution is 5.67. The van der Waals surface area contributed by atoms with Crippen LogP contribution in [0.4, 0.5) is 5.69 Å². The van der Waals surface area contributed by atoms with Crippen LogP contribution in [0.25, 0.3) is 11.5 Å². The van der Waals surface area contributed by atoms with Gasteiger partial charge in [0.1, 0.15) is 6.26 Å². The van der Waals surface area contributed by atoms with Crippen LogP contribution in [-0.4, -0.2) is 16.1 Å². The predicted octanol–water partition coefficient (Wildman–Crippen LogP) is 2.25. The molecule has 0 saturated heterocycles. The first-order chi connectivity index (χ1) is 8.56. The Morgan fingerprint density at radius 1 is 1.50 bits per heavy atom. The number of aliphatic carboxylic acids is 1. The summed E-state index contributed by atoms with van der Waals surface area (Å²) in [5.41, 5.74) is 8.91. The quantitative estimate of drug-likeness (QED) is 0.807. The maximum Gasteiger partial charge on any atom is 0.303 e. The van der Waals surface area contributed by atoms with Crippen LogP contribution in [-0.2, 0) is 11.2 Å². The zero-order valence-electron chi connectivity index (χ0n) is 10.0. The SMILES string of the molecule is Cc1ccc(-c2nc(CCC(=O)O)co2)cc1N. The number of hydrogen-bond donors (Lipinski definition) is 2. The summed E-state index contributed by atoms with van der Waals surface area (Å²) in [5, 5.41) is 8.59. The second kappa shape index (κ2) is 4.91. The van der Waals surface area contributed by atoms with Crippen molar-refractivity contribution in [3.05, 3.63) is 35.7 Å². The normalized spacial score (nSPS) is 10.5. The number of nitrogens with zero attached hydrogens (tertiary/aromatic N) is 1. The zero-order valence-corrected chi connectivity index (χ0v) is 10.0. The summed E-state index contributed by atoms with van der Waals surface area (Å²) in [4.78, 5) is 14.7. The van der Waals surface area contributed by atoms with Crippen molar-refractivity contribution in [1.82, 2.24) is 4.98 Å². The number of hydrogen-bond acceptors (Lipinski definition) is 4. The summed E-state index contributed by atoms with van der Waals surface area (Å²) in [6, 6.07) is 5.56. The maximum atomic E-state index is 10.5. The number of anilines is 1. The average molecular weight is 246 g/mol. The minimum atomic E-state index is -0.848. The monoisotopic (exact) mass is 246 g/mol. The topological polar surface area (TPSA) is 89.3 Å². The molecule has 5 heteroatoms. The van der Waals surface area contributed by atoms with E-state index in [4.69, 9.17) is 15.3 Å². The molecule has 1 heterocycles. The summed E-state index contributed by atoms with van der Waals surface area (Å²) >= 11 is 0. The Morgan fingerprint density at radius 3 is 2.94 bits per heavy atom.